The molecule has 0 saturated carbocycles. The fourth-order valence-electron chi connectivity index (χ4n) is 4.89. The minimum absolute atomic E-state index is 0.0308. The van der Waals surface area contributed by atoms with E-state index in [9.17, 15) is 31.9 Å². The number of nitrogens with one attached hydrogen (secondary N) is 3. The molecule has 4 amide bonds. The third kappa shape index (κ3) is 7.99. The molecule has 0 unspecified atom stereocenters. The third-order valence-electron chi connectivity index (χ3n) is 7.18. The van der Waals surface area contributed by atoms with E-state index in [1.54, 1.807) is 36.4 Å². The molecular formula is C32H29F4N5O4. The molecule has 1 aromatic heterocycles. The zero-order valence-electron chi connectivity index (χ0n) is 23.9. The first-order valence-corrected chi connectivity index (χ1v) is 14.1. The molecule has 4 aromatic rings. The van der Waals surface area contributed by atoms with Crippen molar-refractivity contribution in [2.45, 2.75) is 19.1 Å². The summed E-state index contributed by atoms with van der Waals surface area (Å²) in [6.45, 7) is 1.50. The second kappa shape index (κ2) is 13.5. The maximum absolute atomic E-state index is 13.5. The van der Waals surface area contributed by atoms with E-state index in [1.165, 1.54) is 41.5 Å². The molecule has 1 saturated heterocycles. The lowest BCUT2D eigenvalue weighted by Crippen LogP contribution is -2.38. The molecule has 0 atom stereocenters. The normalized spacial score (nSPS) is 13.6. The summed E-state index contributed by atoms with van der Waals surface area (Å²) in [5.74, 6) is -1.24. The standard InChI is InChI=1S/C32H29F4N5O4/c33-23-9-7-21(8-10-23)20-37-29(42)26-19-25(38-30(43)28-6-2-17-45-28)11-12-27(26)40-13-3-14-41(16-15-40)31(44)39-24-5-1-4-22(18-24)32(34,35)36/h1-2,4-12,17-19H,3,13-16,20H2,(H,37,42)(H,38,43)(H,39,44). The minimum Gasteiger partial charge on any atom is -0.459 e. The zero-order valence-corrected chi connectivity index (χ0v) is 23.9. The summed E-state index contributed by atoms with van der Waals surface area (Å²) in [6.07, 6.45) is -2.65. The Hall–Kier alpha value is -5.33. The molecule has 2 heterocycles. The summed E-state index contributed by atoms with van der Waals surface area (Å²) in [7, 11) is 0. The Morgan fingerprint density at radius 2 is 1.58 bits per heavy atom. The van der Waals surface area contributed by atoms with Gasteiger partial charge in [0.15, 0.2) is 5.76 Å². The van der Waals surface area contributed by atoms with Gasteiger partial charge in [-0.2, -0.15) is 13.2 Å². The SMILES string of the molecule is O=C(Nc1ccc(N2CCCN(C(=O)Nc3cccc(C(F)(F)F)c3)CC2)c(C(=O)NCc2ccc(F)cc2)c1)c1ccco1. The molecule has 45 heavy (non-hydrogen) atoms. The Morgan fingerprint density at radius 3 is 2.31 bits per heavy atom. The van der Waals surface area contributed by atoms with Crippen LogP contribution >= 0.6 is 0 Å². The first-order valence-electron chi connectivity index (χ1n) is 14.1. The summed E-state index contributed by atoms with van der Waals surface area (Å²) < 4.78 is 57.8. The number of furan rings is 1. The maximum Gasteiger partial charge on any atom is 0.416 e. The second-order valence-electron chi connectivity index (χ2n) is 10.3. The van der Waals surface area contributed by atoms with Crippen LogP contribution in [0.25, 0.3) is 0 Å². The molecule has 3 aromatic carbocycles. The van der Waals surface area contributed by atoms with Gasteiger partial charge in [0.1, 0.15) is 5.82 Å². The van der Waals surface area contributed by atoms with Crippen molar-refractivity contribution >= 4 is 34.9 Å². The largest absolute Gasteiger partial charge is 0.459 e. The molecular weight excluding hydrogens is 594 g/mol. The van der Waals surface area contributed by atoms with Gasteiger partial charge in [0.05, 0.1) is 17.4 Å². The van der Waals surface area contributed by atoms with Crippen molar-refractivity contribution in [3.05, 3.63) is 113 Å². The van der Waals surface area contributed by atoms with Gasteiger partial charge >= 0.3 is 12.2 Å². The Balaban J connectivity index is 1.31. The van der Waals surface area contributed by atoms with Crippen LogP contribution in [-0.2, 0) is 12.7 Å². The molecule has 0 aliphatic carbocycles. The Bertz CT molecular complexity index is 1660. The monoisotopic (exact) mass is 623 g/mol. The smallest absolute Gasteiger partial charge is 0.416 e. The van der Waals surface area contributed by atoms with Crippen molar-refractivity contribution in [3.8, 4) is 0 Å². The molecule has 1 aliphatic heterocycles. The van der Waals surface area contributed by atoms with Crippen LogP contribution in [0.1, 0.15) is 38.5 Å². The number of nitrogens with zero attached hydrogens (tertiary/aromatic N) is 2. The van der Waals surface area contributed by atoms with Crippen LogP contribution in [0.5, 0.6) is 0 Å². The molecule has 1 fully saturated rings. The predicted molar refractivity (Wildman–Crippen MR) is 160 cm³/mol. The quantitative estimate of drug-likeness (QED) is 0.208. The number of anilines is 3. The highest BCUT2D eigenvalue weighted by molar-refractivity contribution is 6.05. The van der Waals surface area contributed by atoms with Crippen LogP contribution < -0.4 is 20.9 Å². The molecule has 9 nitrogen and oxygen atoms in total. The van der Waals surface area contributed by atoms with Crippen LogP contribution in [0.4, 0.5) is 39.4 Å². The van der Waals surface area contributed by atoms with Gasteiger partial charge in [-0.15, -0.1) is 0 Å². The van der Waals surface area contributed by atoms with Crippen LogP contribution in [-0.4, -0.2) is 48.9 Å². The van der Waals surface area contributed by atoms with Gasteiger partial charge in [0.25, 0.3) is 11.8 Å². The van der Waals surface area contributed by atoms with E-state index in [1.807, 2.05) is 4.90 Å². The lowest BCUT2D eigenvalue weighted by molar-refractivity contribution is -0.137. The number of hydrogen-bond donors (Lipinski definition) is 3. The number of carbonyl (C=O) groups is 3. The summed E-state index contributed by atoms with van der Waals surface area (Å²) >= 11 is 0. The van der Waals surface area contributed by atoms with Crippen LogP contribution in [0, 0.1) is 5.82 Å². The van der Waals surface area contributed by atoms with Gasteiger partial charge in [0.2, 0.25) is 0 Å². The summed E-state index contributed by atoms with van der Waals surface area (Å²) in [4.78, 5) is 42.5. The van der Waals surface area contributed by atoms with E-state index in [0.29, 0.717) is 43.0 Å². The number of alkyl halides is 3. The molecule has 0 bridgehead atoms. The minimum atomic E-state index is -4.54. The average molecular weight is 624 g/mol. The summed E-state index contributed by atoms with van der Waals surface area (Å²) in [5.41, 5.74) is 1.02. The highest BCUT2D eigenvalue weighted by Crippen LogP contribution is 2.31. The fraction of sp³-hybridized carbons (Fsp3) is 0.219. The van der Waals surface area contributed by atoms with E-state index in [0.717, 1.165) is 12.1 Å². The van der Waals surface area contributed by atoms with Crippen molar-refractivity contribution in [1.29, 1.82) is 0 Å². The number of rotatable bonds is 7. The predicted octanol–water partition coefficient (Wildman–Crippen LogP) is 6.36. The number of carbonyl (C=O) groups excluding carboxylic acids is 3. The van der Waals surface area contributed by atoms with Crippen molar-refractivity contribution < 1.29 is 36.4 Å². The Kier molecular flexibility index (Phi) is 9.36. The van der Waals surface area contributed by atoms with E-state index >= 15 is 0 Å². The first kappa shape index (κ1) is 31.1. The van der Waals surface area contributed by atoms with Gasteiger partial charge in [-0.3, -0.25) is 9.59 Å². The molecule has 13 heteroatoms. The van der Waals surface area contributed by atoms with Gasteiger partial charge in [-0.25, -0.2) is 9.18 Å². The molecule has 0 radical (unpaired) electrons. The van der Waals surface area contributed by atoms with E-state index in [-0.39, 0.29) is 30.1 Å². The highest BCUT2D eigenvalue weighted by atomic mass is 19.4. The van der Waals surface area contributed by atoms with E-state index < -0.39 is 35.4 Å². The number of amides is 4. The number of benzene rings is 3. The molecule has 0 spiro atoms. The topological polar surface area (TPSA) is 107 Å². The van der Waals surface area contributed by atoms with E-state index in [2.05, 4.69) is 16.0 Å². The van der Waals surface area contributed by atoms with Crippen LogP contribution in [0.3, 0.4) is 0 Å². The Morgan fingerprint density at radius 1 is 0.800 bits per heavy atom. The number of urea groups is 1. The van der Waals surface area contributed by atoms with E-state index in [4.69, 9.17) is 4.42 Å². The number of halogens is 4. The van der Waals surface area contributed by atoms with Crippen molar-refractivity contribution in [3.63, 3.8) is 0 Å². The molecule has 3 N–H and O–H groups in total. The van der Waals surface area contributed by atoms with Crippen molar-refractivity contribution in [1.82, 2.24) is 10.2 Å². The maximum atomic E-state index is 13.5. The lowest BCUT2D eigenvalue weighted by Gasteiger charge is -2.26. The van der Waals surface area contributed by atoms with Gasteiger partial charge < -0.3 is 30.2 Å². The van der Waals surface area contributed by atoms with Gasteiger partial charge in [-0.1, -0.05) is 18.2 Å². The lowest BCUT2D eigenvalue weighted by atomic mass is 10.1. The van der Waals surface area contributed by atoms with Gasteiger partial charge in [-0.05, 0) is 72.6 Å². The van der Waals surface area contributed by atoms with Crippen molar-refractivity contribution in [2.24, 2.45) is 0 Å². The zero-order chi connectivity index (χ0) is 32.0. The first-order chi connectivity index (χ1) is 21.6. The van der Waals surface area contributed by atoms with Crippen LogP contribution in [0.15, 0.2) is 89.5 Å². The number of hydrogen-bond acceptors (Lipinski definition) is 5. The highest BCUT2D eigenvalue weighted by Gasteiger charge is 2.31. The summed E-state index contributed by atoms with van der Waals surface area (Å²) in [5, 5.41) is 8.09. The second-order valence-corrected chi connectivity index (χ2v) is 10.3. The van der Waals surface area contributed by atoms with Crippen molar-refractivity contribution in [2.75, 3.05) is 41.7 Å². The molecule has 1 aliphatic rings. The van der Waals surface area contributed by atoms with Crippen LogP contribution in [0.2, 0.25) is 0 Å². The van der Waals surface area contributed by atoms with Gasteiger partial charge in [0, 0.05) is 49.8 Å². The summed E-state index contributed by atoms with van der Waals surface area (Å²) in [6, 6.07) is 17.6. The Labute approximate surface area is 255 Å². The average Bonchev–Trinajstić information content (AvgIpc) is 3.45. The third-order valence-corrected chi connectivity index (χ3v) is 7.18. The molecule has 234 valence electrons. The fourth-order valence-corrected chi connectivity index (χ4v) is 4.89. The molecule has 5 rings (SSSR count).